The molecule has 0 spiro atoms. The Hall–Kier alpha value is -2.50. The molecule has 2 aromatic carbocycles. The Labute approximate surface area is 172 Å². The second-order valence-corrected chi connectivity index (χ2v) is 7.09. The second-order valence-electron chi connectivity index (χ2n) is 6.25. The van der Waals surface area contributed by atoms with Gasteiger partial charge in [0.1, 0.15) is 5.75 Å². The number of carbonyl (C=O) groups excluding carboxylic acids is 1. The van der Waals surface area contributed by atoms with Crippen LogP contribution < -0.4 is 10.3 Å². The molecule has 0 aliphatic rings. The molecular formula is C21H19Cl2NO4. The highest BCUT2D eigenvalue weighted by Gasteiger charge is 2.17. The number of esters is 1. The van der Waals surface area contributed by atoms with Crippen molar-refractivity contribution in [1.82, 2.24) is 4.98 Å². The SMILES string of the molecule is CCOC(=O)COc1ccc(Cl)c2[nH]c(=O)c(Cc3ccc(Cl)cc3)c(C)c12. The van der Waals surface area contributed by atoms with Gasteiger partial charge in [0.2, 0.25) is 0 Å². The third-order valence-corrected chi connectivity index (χ3v) is 4.97. The largest absolute Gasteiger partial charge is 0.481 e. The van der Waals surface area contributed by atoms with Crippen LogP contribution in [0.1, 0.15) is 23.6 Å². The highest BCUT2D eigenvalue weighted by Crippen LogP contribution is 2.33. The van der Waals surface area contributed by atoms with Crippen molar-refractivity contribution in [2.24, 2.45) is 0 Å². The minimum atomic E-state index is -0.464. The van der Waals surface area contributed by atoms with E-state index in [2.05, 4.69) is 4.98 Å². The summed E-state index contributed by atoms with van der Waals surface area (Å²) >= 11 is 12.2. The normalized spacial score (nSPS) is 10.9. The number of nitrogens with one attached hydrogen (secondary N) is 1. The molecule has 0 fully saturated rings. The van der Waals surface area contributed by atoms with Crippen LogP contribution in [0.25, 0.3) is 10.9 Å². The number of aryl methyl sites for hydroxylation is 1. The van der Waals surface area contributed by atoms with Gasteiger partial charge in [-0.2, -0.15) is 0 Å². The molecule has 0 saturated carbocycles. The average Bonchev–Trinajstić information content (AvgIpc) is 2.66. The lowest BCUT2D eigenvalue weighted by molar-refractivity contribution is -0.145. The van der Waals surface area contributed by atoms with E-state index in [-0.39, 0.29) is 18.8 Å². The monoisotopic (exact) mass is 419 g/mol. The number of aromatic amines is 1. The van der Waals surface area contributed by atoms with Crippen LogP contribution >= 0.6 is 23.2 Å². The first-order chi connectivity index (χ1) is 13.4. The zero-order valence-electron chi connectivity index (χ0n) is 15.5. The Balaban J connectivity index is 2.06. The van der Waals surface area contributed by atoms with Crippen molar-refractivity contribution < 1.29 is 14.3 Å². The van der Waals surface area contributed by atoms with Gasteiger partial charge in [0.15, 0.2) is 6.61 Å². The van der Waals surface area contributed by atoms with Gasteiger partial charge in [-0.05, 0) is 49.2 Å². The number of hydrogen-bond donors (Lipinski definition) is 1. The molecule has 0 atom stereocenters. The molecule has 0 radical (unpaired) electrons. The predicted octanol–water partition coefficient (Wildman–Crippen LogP) is 4.68. The maximum atomic E-state index is 12.7. The smallest absolute Gasteiger partial charge is 0.344 e. The van der Waals surface area contributed by atoms with E-state index in [1.807, 2.05) is 19.1 Å². The van der Waals surface area contributed by atoms with Gasteiger partial charge < -0.3 is 14.5 Å². The third kappa shape index (κ3) is 4.32. The molecular weight excluding hydrogens is 401 g/mol. The van der Waals surface area contributed by atoms with Gasteiger partial charge in [-0.3, -0.25) is 4.79 Å². The van der Waals surface area contributed by atoms with Crippen molar-refractivity contribution in [3.8, 4) is 5.75 Å². The van der Waals surface area contributed by atoms with Crippen LogP contribution in [0, 0.1) is 6.92 Å². The minimum Gasteiger partial charge on any atom is -0.481 e. The fourth-order valence-corrected chi connectivity index (χ4v) is 3.37. The molecule has 7 heteroatoms. The highest BCUT2D eigenvalue weighted by molar-refractivity contribution is 6.35. The zero-order valence-corrected chi connectivity index (χ0v) is 17.0. The summed E-state index contributed by atoms with van der Waals surface area (Å²) in [5.74, 6) is -0.00683. The lowest BCUT2D eigenvalue weighted by Crippen LogP contribution is -2.17. The first-order valence-electron chi connectivity index (χ1n) is 8.77. The molecule has 0 aliphatic heterocycles. The van der Waals surface area contributed by atoms with Crippen molar-refractivity contribution in [2.75, 3.05) is 13.2 Å². The van der Waals surface area contributed by atoms with E-state index in [1.54, 1.807) is 31.2 Å². The lowest BCUT2D eigenvalue weighted by Gasteiger charge is -2.14. The molecule has 5 nitrogen and oxygen atoms in total. The maximum absolute atomic E-state index is 12.7. The first kappa shape index (κ1) is 20.2. The molecule has 28 heavy (non-hydrogen) atoms. The Bertz CT molecular complexity index is 1070. The molecule has 3 aromatic rings. The Morgan fingerprint density at radius 3 is 2.50 bits per heavy atom. The van der Waals surface area contributed by atoms with Gasteiger partial charge in [0.05, 0.1) is 17.1 Å². The van der Waals surface area contributed by atoms with Gasteiger partial charge >= 0.3 is 5.97 Å². The topological polar surface area (TPSA) is 68.4 Å². The van der Waals surface area contributed by atoms with Crippen molar-refractivity contribution >= 4 is 40.1 Å². The molecule has 3 rings (SSSR count). The van der Waals surface area contributed by atoms with Crippen LogP contribution in [0.2, 0.25) is 10.0 Å². The molecule has 0 amide bonds. The second kappa shape index (κ2) is 8.67. The summed E-state index contributed by atoms with van der Waals surface area (Å²) in [6.45, 7) is 3.63. The summed E-state index contributed by atoms with van der Waals surface area (Å²) < 4.78 is 10.6. The lowest BCUT2D eigenvalue weighted by atomic mass is 9.98. The van der Waals surface area contributed by atoms with E-state index in [4.69, 9.17) is 32.7 Å². The number of H-pyrrole nitrogens is 1. The summed E-state index contributed by atoms with van der Waals surface area (Å²) in [4.78, 5) is 27.2. The van der Waals surface area contributed by atoms with Crippen LogP contribution in [0.15, 0.2) is 41.2 Å². The molecule has 1 aromatic heterocycles. The number of hydrogen-bond acceptors (Lipinski definition) is 4. The van der Waals surface area contributed by atoms with Gasteiger partial charge in [0.25, 0.3) is 5.56 Å². The number of ether oxygens (including phenoxy) is 2. The van der Waals surface area contributed by atoms with E-state index in [0.717, 1.165) is 11.1 Å². The van der Waals surface area contributed by atoms with Gasteiger partial charge in [0, 0.05) is 22.4 Å². The highest BCUT2D eigenvalue weighted by atomic mass is 35.5. The van der Waals surface area contributed by atoms with Crippen LogP contribution in [0.3, 0.4) is 0 Å². The number of pyridine rings is 1. The van der Waals surface area contributed by atoms with Crippen LogP contribution in [-0.2, 0) is 16.0 Å². The maximum Gasteiger partial charge on any atom is 0.344 e. The predicted molar refractivity (Wildman–Crippen MR) is 111 cm³/mol. The van der Waals surface area contributed by atoms with Gasteiger partial charge in [-0.1, -0.05) is 35.3 Å². The Morgan fingerprint density at radius 2 is 1.82 bits per heavy atom. The van der Waals surface area contributed by atoms with E-state index in [1.165, 1.54) is 0 Å². The zero-order chi connectivity index (χ0) is 20.3. The quantitative estimate of drug-likeness (QED) is 0.589. The number of aromatic nitrogens is 1. The average molecular weight is 420 g/mol. The van der Waals surface area contributed by atoms with Gasteiger partial charge in [-0.15, -0.1) is 0 Å². The van der Waals surface area contributed by atoms with Crippen molar-refractivity contribution in [1.29, 1.82) is 0 Å². The molecule has 0 unspecified atom stereocenters. The van der Waals surface area contributed by atoms with Crippen LogP contribution in [0.4, 0.5) is 0 Å². The van der Waals surface area contributed by atoms with E-state index >= 15 is 0 Å². The van der Waals surface area contributed by atoms with Gasteiger partial charge in [-0.25, -0.2) is 4.79 Å². The standard InChI is InChI=1S/C21H19Cl2NO4/c1-3-27-18(25)11-28-17-9-8-16(23)20-19(17)12(2)15(21(26)24-20)10-13-4-6-14(22)7-5-13/h4-9H,3,10-11H2,1-2H3,(H,24,26). The third-order valence-electron chi connectivity index (χ3n) is 4.40. The number of benzene rings is 2. The molecule has 0 aliphatic carbocycles. The van der Waals surface area contributed by atoms with Crippen molar-refractivity contribution in [3.05, 3.63) is 73.5 Å². The summed E-state index contributed by atoms with van der Waals surface area (Å²) in [5.41, 5.74) is 2.55. The summed E-state index contributed by atoms with van der Waals surface area (Å²) in [6.07, 6.45) is 0.429. The van der Waals surface area contributed by atoms with E-state index in [0.29, 0.717) is 38.7 Å². The molecule has 0 bridgehead atoms. The molecule has 0 saturated heterocycles. The number of rotatable bonds is 6. The van der Waals surface area contributed by atoms with Crippen LogP contribution in [0.5, 0.6) is 5.75 Å². The van der Waals surface area contributed by atoms with E-state index in [9.17, 15) is 9.59 Å². The number of carbonyl (C=O) groups is 1. The summed E-state index contributed by atoms with van der Waals surface area (Å²) in [7, 11) is 0. The fraction of sp³-hybridized carbons (Fsp3) is 0.238. The Kier molecular flexibility index (Phi) is 6.27. The first-order valence-corrected chi connectivity index (χ1v) is 9.53. The molecule has 146 valence electrons. The minimum absolute atomic E-state index is 0.218. The fourth-order valence-electron chi connectivity index (χ4n) is 3.04. The number of halogens is 2. The summed E-state index contributed by atoms with van der Waals surface area (Å²) in [5, 5.41) is 1.70. The molecule has 1 heterocycles. The number of fused-ring (bicyclic) bond motifs is 1. The van der Waals surface area contributed by atoms with Crippen molar-refractivity contribution in [3.63, 3.8) is 0 Å². The van der Waals surface area contributed by atoms with Crippen molar-refractivity contribution in [2.45, 2.75) is 20.3 Å². The van der Waals surface area contributed by atoms with Crippen LogP contribution in [-0.4, -0.2) is 24.2 Å². The Morgan fingerprint density at radius 1 is 1.11 bits per heavy atom. The molecule has 1 N–H and O–H groups in total. The summed E-state index contributed by atoms with van der Waals surface area (Å²) in [6, 6.07) is 10.6. The van der Waals surface area contributed by atoms with E-state index < -0.39 is 5.97 Å².